The number of carbonyl (C=O) groups excluding carboxylic acids is 2. The summed E-state index contributed by atoms with van der Waals surface area (Å²) in [4.78, 5) is 22.1. The molecule has 1 rings (SSSR count). The Hall–Kier alpha value is -1.56. The van der Waals surface area contributed by atoms with Gasteiger partial charge in [-0.05, 0) is 0 Å². The van der Waals surface area contributed by atoms with Crippen molar-refractivity contribution in [3.8, 4) is 0 Å². The van der Waals surface area contributed by atoms with Crippen LogP contribution >= 0.6 is 0 Å². The number of ether oxygens (including phenoxy) is 1. The normalized spacial score (nSPS) is 18.6. The summed E-state index contributed by atoms with van der Waals surface area (Å²) < 4.78 is 4.70. The highest BCUT2D eigenvalue weighted by Gasteiger charge is 2.16. The molecular weight excluding hydrogens is 188 g/mol. The van der Waals surface area contributed by atoms with Gasteiger partial charge >= 0.3 is 5.97 Å². The van der Waals surface area contributed by atoms with Crippen LogP contribution in [0.3, 0.4) is 0 Å². The number of aliphatic hydroxyl groups excluding tert-OH is 1. The lowest BCUT2D eigenvalue weighted by atomic mass is 10.3. The maximum atomic E-state index is 11.1. The van der Waals surface area contributed by atoms with Crippen molar-refractivity contribution in [2.24, 2.45) is 0 Å². The Kier molecular flexibility index (Phi) is 3.93. The molecule has 0 unspecified atom stereocenters. The van der Waals surface area contributed by atoms with Crippen LogP contribution < -0.4 is 10.6 Å². The van der Waals surface area contributed by atoms with Crippen LogP contribution in [0, 0.1) is 0 Å². The van der Waals surface area contributed by atoms with Crippen LogP contribution in [0.15, 0.2) is 11.8 Å². The smallest absolute Gasteiger partial charge is 0.354 e. The molecular formula is C8H12N2O4. The first-order chi connectivity index (χ1) is 6.74. The number of rotatable bonds is 3. The molecule has 1 aliphatic rings. The monoisotopic (exact) mass is 200 g/mol. The summed E-state index contributed by atoms with van der Waals surface area (Å²) in [6.07, 6.45) is 1.12. The lowest BCUT2D eigenvalue weighted by Crippen LogP contribution is -2.35. The minimum absolute atomic E-state index is 0.132. The van der Waals surface area contributed by atoms with Crippen molar-refractivity contribution in [1.82, 2.24) is 10.6 Å². The second-order valence-corrected chi connectivity index (χ2v) is 2.64. The topological polar surface area (TPSA) is 87.7 Å². The van der Waals surface area contributed by atoms with E-state index in [2.05, 4.69) is 10.6 Å². The fourth-order valence-electron chi connectivity index (χ4n) is 0.951. The van der Waals surface area contributed by atoms with Crippen molar-refractivity contribution in [1.29, 1.82) is 0 Å². The largest absolute Gasteiger partial charge is 0.459 e. The van der Waals surface area contributed by atoms with E-state index in [9.17, 15) is 9.59 Å². The number of nitrogens with one attached hydrogen (secondary N) is 2. The maximum Gasteiger partial charge on any atom is 0.354 e. The predicted molar refractivity (Wildman–Crippen MR) is 47.1 cm³/mol. The highest BCUT2D eigenvalue weighted by atomic mass is 16.5. The molecule has 14 heavy (non-hydrogen) atoms. The van der Waals surface area contributed by atoms with Crippen molar-refractivity contribution >= 4 is 11.9 Å². The third-order valence-electron chi connectivity index (χ3n) is 1.56. The Balaban J connectivity index is 2.48. The van der Waals surface area contributed by atoms with Crippen LogP contribution in [0.5, 0.6) is 0 Å². The third kappa shape index (κ3) is 3.06. The second-order valence-electron chi connectivity index (χ2n) is 2.64. The van der Waals surface area contributed by atoms with E-state index in [1.807, 2.05) is 0 Å². The Morgan fingerprint density at radius 2 is 2.50 bits per heavy atom. The molecule has 6 heteroatoms. The molecule has 0 radical (unpaired) electrons. The minimum atomic E-state index is -0.532. The van der Waals surface area contributed by atoms with Crippen molar-refractivity contribution in [2.45, 2.75) is 0 Å². The Bertz CT molecular complexity index is 262. The van der Waals surface area contributed by atoms with E-state index in [1.165, 1.54) is 0 Å². The maximum absolute atomic E-state index is 11.1. The first-order valence-corrected chi connectivity index (χ1v) is 4.25. The van der Waals surface area contributed by atoms with Crippen LogP contribution in [0.4, 0.5) is 0 Å². The summed E-state index contributed by atoms with van der Waals surface area (Å²) in [6.45, 7) is 0.851. The molecule has 6 nitrogen and oxygen atoms in total. The molecule has 0 spiro atoms. The number of cyclic esters (lactones) is 1. The van der Waals surface area contributed by atoms with Gasteiger partial charge in [-0.2, -0.15) is 0 Å². The van der Waals surface area contributed by atoms with E-state index >= 15 is 0 Å². The van der Waals surface area contributed by atoms with Crippen LogP contribution in [0.25, 0.3) is 0 Å². The quantitative estimate of drug-likeness (QED) is 0.367. The molecule has 0 saturated carbocycles. The first kappa shape index (κ1) is 10.5. The summed E-state index contributed by atoms with van der Waals surface area (Å²) in [5, 5.41) is 13.6. The second kappa shape index (κ2) is 5.23. The number of morpholine rings is 1. The fourth-order valence-corrected chi connectivity index (χ4v) is 0.951. The van der Waals surface area contributed by atoms with E-state index in [1.54, 1.807) is 0 Å². The molecule has 1 amide bonds. The van der Waals surface area contributed by atoms with Gasteiger partial charge in [0, 0.05) is 19.2 Å². The van der Waals surface area contributed by atoms with Crippen LogP contribution in [0.1, 0.15) is 0 Å². The molecule has 0 aromatic carbocycles. The summed E-state index contributed by atoms with van der Waals surface area (Å²) in [6, 6.07) is 0. The molecule has 0 atom stereocenters. The summed E-state index contributed by atoms with van der Waals surface area (Å²) in [5.74, 6) is -0.962. The van der Waals surface area contributed by atoms with Gasteiger partial charge in [0.1, 0.15) is 12.3 Å². The zero-order chi connectivity index (χ0) is 10.4. The number of amides is 1. The number of hydrogen-bond donors (Lipinski definition) is 3. The average Bonchev–Trinajstić information content (AvgIpc) is 2.18. The van der Waals surface area contributed by atoms with Gasteiger partial charge < -0.3 is 20.5 Å². The Labute approximate surface area is 80.9 Å². The standard InChI is InChI=1S/C8H12N2O4/c11-3-1-10-7(12)5-6-8(13)14-4-2-9-6/h5,9,11H,1-4H2,(H,10,12)/b6-5-. The molecule has 0 bridgehead atoms. The van der Waals surface area contributed by atoms with Gasteiger partial charge in [0.25, 0.3) is 0 Å². The highest BCUT2D eigenvalue weighted by Crippen LogP contribution is 1.98. The Morgan fingerprint density at radius 3 is 3.14 bits per heavy atom. The molecule has 0 aromatic rings. The number of hydrogen-bond acceptors (Lipinski definition) is 5. The number of carbonyl (C=O) groups is 2. The van der Waals surface area contributed by atoms with Gasteiger partial charge in [-0.3, -0.25) is 4.79 Å². The van der Waals surface area contributed by atoms with Crippen molar-refractivity contribution in [3.63, 3.8) is 0 Å². The zero-order valence-electron chi connectivity index (χ0n) is 7.58. The van der Waals surface area contributed by atoms with Crippen LogP contribution in [0.2, 0.25) is 0 Å². The van der Waals surface area contributed by atoms with Gasteiger partial charge in [-0.15, -0.1) is 0 Å². The first-order valence-electron chi connectivity index (χ1n) is 4.25. The van der Waals surface area contributed by atoms with Crippen LogP contribution in [-0.2, 0) is 14.3 Å². The van der Waals surface area contributed by atoms with Crippen LogP contribution in [-0.4, -0.2) is 43.3 Å². The average molecular weight is 200 g/mol. The summed E-state index contributed by atoms with van der Waals surface area (Å²) in [7, 11) is 0. The molecule has 1 saturated heterocycles. The van der Waals surface area contributed by atoms with Crippen molar-refractivity contribution < 1.29 is 19.4 Å². The molecule has 1 fully saturated rings. The molecule has 78 valence electrons. The zero-order valence-corrected chi connectivity index (χ0v) is 7.58. The molecule has 0 aromatic heterocycles. The van der Waals surface area contributed by atoms with Gasteiger partial charge in [0.15, 0.2) is 0 Å². The van der Waals surface area contributed by atoms with E-state index in [4.69, 9.17) is 9.84 Å². The predicted octanol–water partition coefficient (Wildman–Crippen LogP) is -1.87. The van der Waals surface area contributed by atoms with Gasteiger partial charge in [0.05, 0.1) is 6.61 Å². The van der Waals surface area contributed by atoms with Gasteiger partial charge in [-0.25, -0.2) is 4.79 Å². The van der Waals surface area contributed by atoms with Gasteiger partial charge in [0.2, 0.25) is 5.91 Å². The number of aliphatic hydroxyl groups is 1. The summed E-state index contributed by atoms with van der Waals surface area (Å²) >= 11 is 0. The number of esters is 1. The minimum Gasteiger partial charge on any atom is -0.459 e. The SMILES string of the molecule is O=C(/C=C1\NCCOC1=O)NCCO. The van der Waals surface area contributed by atoms with E-state index in [-0.39, 0.29) is 18.8 Å². The highest BCUT2D eigenvalue weighted by molar-refractivity contribution is 5.98. The lowest BCUT2D eigenvalue weighted by molar-refractivity contribution is -0.141. The summed E-state index contributed by atoms with van der Waals surface area (Å²) in [5.41, 5.74) is 0.145. The molecule has 1 heterocycles. The third-order valence-corrected chi connectivity index (χ3v) is 1.56. The van der Waals surface area contributed by atoms with Gasteiger partial charge in [-0.1, -0.05) is 0 Å². The van der Waals surface area contributed by atoms with Crippen molar-refractivity contribution in [3.05, 3.63) is 11.8 Å². The van der Waals surface area contributed by atoms with Crippen molar-refractivity contribution in [2.75, 3.05) is 26.3 Å². The van der Waals surface area contributed by atoms with E-state index < -0.39 is 11.9 Å². The molecule has 0 aliphatic carbocycles. The lowest BCUT2D eigenvalue weighted by Gasteiger charge is -2.15. The molecule has 3 N–H and O–H groups in total. The van der Waals surface area contributed by atoms with E-state index in [0.717, 1.165) is 6.08 Å². The van der Waals surface area contributed by atoms with E-state index in [0.29, 0.717) is 13.2 Å². The Morgan fingerprint density at radius 1 is 1.71 bits per heavy atom. The molecule has 1 aliphatic heterocycles. The fraction of sp³-hybridized carbons (Fsp3) is 0.500.